The Morgan fingerprint density at radius 1 is 1.07 bits per heavy atom. The van der Waals surface area contributed by atoms with Crippen LogP contribution >= 0.6 is 0 Å². The number of carbonyl (C=O) groups is 1. The molecule has 0 atom stereocenters. The summed E-state index contributed by atoms with van der Waals surface area (Å²) in [5.41, 5.74) is 0.762. The van der Waals surface area contributed by atoms with Crippen molar-refractivity contribution in [1.82, 2.24) is 15.1 Å². The zero-order valence-electron chi connectivity index (χ0n) is 16.8. The maximum atomic E-state index is 13.0. The molecule has 11 heteroatoms. The van der Waals surface area contributed by atoms with Crippen LogP contribution in [0.5, 0.6) is 17.2 Å². The molecule has 158 valence electrons. The highest BCUT2D eigenvalue weighted by atomic mass is 16.5. The molecule has 2 aromatic heterocycles. The number of methoxy groups -OCH3 is 3. The van der Waals surface area contributed by atoms with E-state index < -0.39 is 5.91 Å². The highest BCUT2D eigenvalue weighted by Gasteiger charge is 2.25. The van der Waals surface area contributed by atoms with Crippen molar-refractivity contribution < 1.29 is 28.3 Å². The van der Waals surface area contributed by atoms with E-state index >= 15 is 0 Å². The van der Waals surface area contributed by atoms with Crippen molar-refractivity contribution >= 4 is 28.5 Å². The number of nitrogens with zero attached hydrogens (tertiary/aromatic N) is 4. The fraction of sp³-hybridized carbons (Fsp3) is 0.368. The minimum Gasteiger partial charge on any atom is -0.493 e. The Morgan fingerprint density at radius 2 is 1.77 bits per heavy atom. The van der Waals surface area contributed by atoms with Crippen molar-refractivity contribution in [2.45, 2.75) is 0 Å². The van der Waals surface area contributed by atoms with Crippen molar-refractivity contribution in [2.24, 2.45) is 0 Å². The van der Waals surface area contributed by atoms with Gasteiger partial charge in [0, 0.05) is 30.9 Å². The van der Waals surface area contributed by atoms with Crippen LogP contribution in [-0.2, 0) is 4.74 Å². The van der Waals surface area contributed by atoms with E-state index in [2.05, 4.69) is 20.4 Å². The summed E-state index contributed by atoms with van der Waals surface area (Å²) in [6, 6.07) is 3.25. The number of nitrogens with one attached hydrogen (secondary N) is 1. The van der Waals surface area contributed by atoms with Gasteiger partial charge in [0.2, 0.25) is 5.75 Å². The first-order chi connectivity index (χ1) is 14.7. The van der Waals surface area contributed by atoms with Gasteiger partial charge < -0.3 is 33.7 Å². The van der Waals surface area contributed by atoms with Crippen LogP contribution < -0.4 is 24.4 Å². The Bertz CT molecular complexity index is 1040. The fourth-order valence-electron chi connectivity index (χ4n) is 3.29. The molecular weight excluding hydrogens is 394 g/mol. The molecule has 1 aliphatic rings. The van der Waals surface area contributed by atoms with E-state index in [1.165, 1.54) is 27.7 Å². The number of amides is 1. The number of anilines is 2. The summed E-state index contributed by atoms with van der Waals surface area (Å²) in [6.07, 6.45) is 1.39. The number of aromatic nitrogens is 3. The zero-order valence-corrected chi connectivity index (χ0v) is 16.8. The van der Waals surface area contributed by atoms with E-state index in [1.54, 1.807) is 12.1 Å². The molecule has 0 unspecified atom stereocenters. The van der Waals surface area contributed by atoms with Gasteiger partial charge in [-0.25, -0.2) is 4.98 Å². The molecule has 3 aromatic rings. The second-order valence-electron chi connectivity index (χ2n) is 6.38. The summed E-state index contributed by atoms with van der Waals surface area (Å²) in [7, 11) is 4.51. The maximum Gasteiger partial charge on any atom is 0.278 e. The fourth-order valence-corrected chi connectivity index (χ4v) is 3.29. The van der Waals surface area contributed by atoms with E-state index in [-0.39, 0.29) is 11.4 Å². The lowest BCUT2D eigenvalue weighted by Crippen LogP contribution is -2.37. The number of ether oxygens (including phenoxy) is 4. The molecule has 0 saturated carbocycles. The molecule has 1 aromatic carbocycles. The molecule has 1 fully saturated rings. The molecule has 0 aliphatic carbocycles. The molecule has 1 amide bonds. The van der Waals surface area contributed by atoms with Gasteiger partial charge in [0.1, 0.15) is 17.5 Å². The molecular formula is C19H21N5O6. The Kier molecular flexibility index (Phi) is 5.53. The minimum atomic E-state index is -0.479. The van der Waals surface area contributed by atoms with Gasteiger partial charge in [-0.05, 0) is 0 Å². The second-order valence-corrected chi connectivity index (χ2v) is 6.38. The van der Waals surface area contributed by atoms with Gasteiger partial charge in [-0.2, -0.15) is 4.98 Å². The van der Waals surface area contributed by atoms with E-state index in [4.69, 9.17) is 23.5 Å². The number of rotatable bonds is 6. The van der Waals surface area contributed by atoms with E-state index in [0.717, 1.165) is 0 Å². The molecule has 3 heterocycles. The van der Waals surface area contributed by atoms with Crippen LogP contribution in [0.3, 0.4) is 0 Å². The van der Waals surface area contributed by atoms with Gasteiger partial charge >= 0.3 is 0 Å². The van der Waals surface area contributed by atoms with Crippen LogP contribution in [0.2, 0.25) is 0 Å². The standard InChI is InChI=1S/C19H21N5O6/c1-26-12-8-11(9-13(27-2)16(12)28-3)22-18(25)15-14-17(24-4-6-29-7-5-24)20-10-21-19(14)30-23-15/h8-10H,4-7H2,1-3H3,(H,22,25). The van der Waals surface area contributed by atoms with E-state index in [1.807, 2.05) is 4.90 Å². The first kappa shape index (κ1) is 19.7. The molecule has 30 heavy (non-hydrogen) atoms. The summed E-state index contributed by atoms with van der Waals surface area (Å²) < 4.78 is 26.6. The Labute approximate surface area is 171 Å². The van der Waals surface area contributed by atoms with Crippen LogP contribution in [-0.4, -0.2) is 68.7 Å². The SMILES string of the molecule is COc1cc(NC(=O)c2noc3ncnc(N4CCOCC4)c23)cc(OC)c1OC. The van der Waals surface area contributed by atoms with Gasteiger partial charge in [-0.3, -0.25) is 4.79 Å². The average molecular weight is 415 g/mol. The van der Waals surface area contributed by atoms with Crippen LogP contribution in [0.25, 0.3) is 11.1 Å². The third-order valence-corrected chi connectivity index (χ3v) is 4.70. The molecule has 4 rings (SSSR count). The van der Waals surface area contributed by atoms with Crippen LogP contribution in [0.15, 0.2) is 23.0 Å². The Balaban J connectivity index is 1.69. The number of morpholine rings is 1. The summed E-state index contributed by atoms with van der Waals surface area (Å²) in [5, 5.41) is 7.17. The van der Waals surface area contributed by atoms with Gasteiger partial charge in [0.25, 0.3) is 11.6 Å². The van der Waals surface area contributed by atoms with Crippen molar-refractivity contribution in [1.29, 1.82) is 0 Å². The number of hydrogen-bond donors (Lipinski definition) is 1. The highest BCUT2D eigenvalue weighted by molar-refractivity contribution is 6.12. The van der Waals surface area contributed by atoms with E-state index in [0.29, 0.717) is 60.4 Å². The molecule has 1 aliphatic heterocycles. The number of fused-ring (bicyclic) bond motifs is 1. The number of carbonyl (C=O) groups excluding carboxylic acids is 1. The molecule has 0 radical (unpaired) electrons. The predicted molar refractivity (Wildman–Crippen MR) is 107 cm³/mol. The smallest absolute Gasteiger partial charge is 0.278 e. The topological polar surface area (TPSA) is 121 Å². The lowest BCUT2D eigenvalue weighted by atomic mass is 10.2. The van der Waals surface area contributed by atoms with Crippen LogP contribution in [0.1, 0.15) is 10.5 Å². The van der Waals surface area contributed by atoms with Crippen molar-refractivity contribution in [3.05, 3.63) is 24.2 Å². The number of hydrogen-bond acceptors (Lipinski definition) is 10. The van der Waals surface area contributed by atoms with Gasteiger partial charge in [0.15, 0.2) is 17.2 Å². The molecule has 11 nitrogen and oxygen atoms in total. The summed E-state index contributed by atoms with van der Waals surface area (Å²) in [6.45, 7) is 2.43. The molecule has 0 bridgehead atoms. The zero-order chi connectivity index (χ0) is 21.1. The first-order valence-corrected chi connectivity index (χ1v) is 9.20. The van der Waals surface area contributed by atoms with Crippen molar-refractivity contribution in [2.75, 3.05) is 57.8 Å². The third kappa shape index (κ3) is 3.54. The Hall–Kier alpha value is -3.60. The number of benzene rings is 1. The predicted octanol–water partition coefficient (Wildman–Crippen LogP) is 1.73. The molecule has 1 N–H and O–H groups in total. The Morgan fingerprint density at radius 3 is 2.40 bits per heavy atom. The van der Waals surface area contributed by atoms with Gasteiger partial charge in [0.05, 0.1) is 34.5 Å². The van der Waals surface area contributed by atoms with Crippen LogP contribution in [0, 0.1) is 0 Å². The maximum absolute atomic E-state index is 13.0. The lowest BCUT2D eigenvalue weighted by Gasteiger charge is -2.27. The third-order valence-electron chi connectivity index (χ3n) is 4.70. The average Bonchev–Trinajstić information content (AvgIpc) is 3.23. The lowest BCUT2D eigenvalue weighted by molar-refractivity contribution is 0.102. The molecule has 0 spiro atoms. The second kappa shape index (κ2) is 8.41. The summed E-state index contributed by atoms with van der Waals surface area (Å²) in [4.78, 5) is 23.5. The van der Waals surface area contributed by atoms with Crippen molar-refractivity contribution in [3.63, 3.8) is 0 Å². The largest absolute Gasteiger partial charge is 0.493 e. The normalized spacial score (nSPS) is 13.9. The molecule has 1 saturated heterocycles. The van der Waals surface area contributed by atoms with Crippen LogP contribution in [0.4, 0.5) is 11.5 Å². The van der Waals surface area contributed by atoms with E-state index in [9.17, 15) is 4.79 Å². The quantitative estimate of drug-likeness (QED) is 0.637. The highest BCUT2D eigenvalue weighted by Crippen LogP contribution is 2.40. The van der Waals surface area contributed by atoms with Gasteiger partial charge in [-0.1, -0.05) is 5.16 Å². The summed E-state index contributed by atoms with van der Waals surface area (Å²) >= 11 is 0. The van der Waals surface area contributed by atoms with Gasteiger partial charge in [-0.15, -0.1) is 0 Å². The monoisotopic (exact) mass is 415 g/mol. The minimum absolute atomic E-state index is 0.0841. The summed E-state index contributed by atoms with van der Waals surface area (Å²) in [5.74, 6) is 1.35. The van der Waals surface area contributed by atoms with Crippen molar-refractivity contribution in [3.8, 4) is 17.2 Å². The first-order valence-electron chi connectivity index (χ1n) is 9.20.